The topological polar surface area (TPSA) is 70.4 Å². The number of piperidine rings is 1. The number of nitrogens with zero attached hydrogens (tertiary/aromatic N) is 1. The Labute approximate surface area is 126 Å². The highest BCUT2D eigenvalue weighted by Crippen LogP contribution is 2.22. The Hall–Kier alpha value is -1.75. The lowest BCUT2D eigenvalue weighted by Crippen LogP contribution is -2.33. The van der Waals surface area contributed by atoms with Crippen LogP contribution in [0.3, 0.4) is 0 Å². The van der Waals surface area contributed by atoms with E-state index in [0.717, 1.165) is 25.3 Å². The average molecular weight is 290 g/mol. The normalized spacial score (nSPS) is 16.7. The van der Waals surface area contributed by atoms with E-state index in [-0.39, 0.29) is 5.91 Å². The number of carbonyl (C=O) groups excluding carboxylic acids is 1. The quantitative estimate of drug-likeness (QED) is 0.723. The van der Waals surface area contributed by atoms with Gasteiger partial charge in [-0.1, -0.05) is 0 Å². The van der Waals surface area contributed by atoms with Gasteiger partial charge < -0.3 is 21.3 Å². The van der Waals surface area contributed by atoms with E-state index in [1.807, 2.05) is 19.1 Å². The second-order valence-electron chi connectivity index (χ2n) is 5.79. The molecule has 4 N–H and O–H groups in total. The van der Waals surface area contributed by atoms with E-state index in [2.05, 4.69) is 22.6 Å². The molecule has 0 saturated carbocycles. The first kappa shape index (κ1) is 15.6. The zero-order valence-corrected chi connectivity index (χ0v) is 13.0. The van der Waals surface area contributed by atoms with Gasteiger partial charge in [0.1, 0.15) is 0 Å². The van der Waals surface area contributed by atoms with E-state index in [4.69, 9.17) is 5.73 Å². The summed E-state index contributed by atoms with van der Waals surface area (Å²) in [4.78, 5) is 14.1. The third-order valence-corrected chi connectivity index (χ3v) is 4.07. The van der Waals surface area contributed by atoms with Crippen LogP contribution in [0.2, 0.25) is 0 Å². The summed E-state index contributed by atoms with van der Waals surface area (Å²) < 4.78 is 0. The van der Waals surface area contributed by atoms with Gasteiger partial charge in [0, 0.05) is 18.7 Å². The Balaban J connectivity index is 1.90. The number of rotatable bonds is 5. The lowest BCUT2D eigenvalue weighted by molar-refractivity contribution is 0.0956. The highest BCUT2D eigenvalue weighted by Gasteiger charge is 2.16. The van der Waals surface area contributed by atoms with Crippen molar-refractivity contribution in [1.29, 1.82) is 0 Å². The molecule has 1 aliphatic rings. The monoisotopic (exact) mass is 290 g/mol. The lowest BCUT2D eigenvalue weighted by atomic mass is 9.97. The van der Waals surface area contributed by atoms with Gasteiger partial charge in [-0.05, 0) is 64.0 Å². The zero-order chi connectivity index (χ0) is 15.2. The first-order valence-electron chi connectivity index (χ1n) is 7.70. The number of anilines is 2. The molecule has 1 aliphatic heterocycles. The van der Waals surface area contributed by atoms with Crippen molar-refractivity contribution >= 4 is 17.3 Å². The predicted octanol–water partition coefficient (Wildman–Crippen LogP) is 1.77. The molecule has 0 aromatic heterocycles. The van der Waals surface area contributed by atoms with Crippen molar-refractivity contribution in [2.24, 2.45) is 5.92 Å². The molecule has 0 radical (unpaired) electrons. The van der Waals surface area contributed by atoms with Gasteiger partial charge in [0.05, 0.1) is 11.4 Å². The average Bonchev–Trinajstić information content (AvgIpc) is 2.48. The second kappa shape index (κ2) is 7.31. The van der Waals surface area contributed by atoms with E-state index in [1.165, 1.54) is 12.8 Å². The van der Waals surface area contributed by atoms with E-state index in [0.29, 0.717) is 23.7 Å². The Morgan fingerprint density at radius 1 is 1.38 bits per heavy atom. The third kappa shape index (κ3) is 4.36. The molecule has 0 bridgehead atoms. The number of likely N-dealkylation sites (tertiary alicyclic amines) is 1. The number of nitrogens with two attached hydrogens (primary N) is 1. The van der Waals surface area contributed by atoms with Crippen LogP contribution < -0.4 is 16.4 Å². The Bertz CT molecular complexity index is 481. The van der Waals surface area contributed by atoms with Crippen molar-refractivity contribution in [3.8, 4) is 0 Å². The first-order chi connectivity index (χ1) is 10.1. The van der Waals surface area contributed by atoms with Gasteiger partial charge in [-0.3, -0.25) is 4.79 Å². The molecule has 5 nitrogen and oxygen atoms in total. The largest absolute Gasteiger partial charge is 0.397 e. The predicted molar refractivity (Wildman–Crippen MR) is 87.6 cm³/mol. The molecule has 1 fully saturated rings. The number of hydrogen-bond acceptors (Lipinski definition) is 4. The summed E-state index contributed by atoms with van der Waals surface area (Å²) in [7, 11) is 2.17. The Kier molecular flexibility index (Phi) is 5.44. The number of nitrogen functional groups attached to an aromatic ring is 1. The van der Waals surface area contributed by atoms with Crippen LogP contribution in [0.15, 0.2) is 18.2 Å². The van der Waals surface area contributed by atoms with Crippen LogP contribution in [-0.4, -0.2) is 44.0 Å². The highest BCUT2D eigenvalue weighted by atomic mass is 16.1. The molecule has 0 aliphatic carbocycles. The molecule has 1 aromatic carbocycles. The van der Waals surface area contributed by atoms with Gasteiger partial charge in [-0.25, -0.2) is 0 Å². The fraction of sp³-hybridized carbons (Fsp3) is 0.562. The van der Waals surface area contributed by atoms with E-state index < -0.39 is 0 Å². The van der Waals surface area contributed by atoms with Crippen molar-refractivity contribution in [3.63, 3.8) is 0 Å². The SMILES string of the molecule is CCNC(=O)c1ccc(NCC2CCN(C)CC2)c(N)c1. The Morgan fingerprint density at radius 2 is 2.10 bits per heavy atom. The fourth-order valence-corrected chi connectivity index (χ4v) is 2.65. The first-order valence-corrected chi connectivity index (χ1v) is 7.70. The van der Waals surface area contributed by atoms with E-state index >= 15 is 0 Å². The van der Waals surface area contributed by atoms with Crippen LogP contribution in [0.5, 0.6) is 0 Å². The molecule has 1 heterocycles. The van der Waals surface area contributed by atoms with E-state index in [1.54, 1.807) is 6.07 Å². The standard InChI is InChI=1S/C16H26N4O/c1-3-18-16(21)13-4-5-15(14(17)10-13)19-11-12-6-8-20(2)9-7-12/h4-5,10,12,19H,3,6-9,11,17H2,1-2H3,(H,18,21). The van der Waals surface area contributed by atoms with E-state index in [9.17, 15) is 4.79 Å². The highest BCUT2D eigenvalue weighted by molar-refractivity contribution is 5.96. The summed E-state index contributed by atoms with van der Waals surface area (Å²) in [6.07, 6.45) is 2.45. The number of hydrogen-bond donors (Lipinski definition) is 3. The number of amides is 1. The number of benzene rings is 1. The lowest BCUT2D eigenvalue weighted by Gasteiger charge is -2.29. The molecular formula is C16H26N4O. The van der Waals surface area contributed by atoms with Crippen molar-refractivity contribution in [2.45, 2.75) is 19.8 Å². The minimum Gasteiger partial charge on any atom is -0.397 e. The third-order valence-electron chi connectivity index (χ3n) is 4.07. The maximum Gasteiger partial charge on any atom is 0.251 e. The van der Waals surface area contributed by atoms with Crippen molar-refractivity contribution < 1.29 is 4.79 Å². The molecule has 0 spiro atoms. The van der Waals surface area contributed by atoms with Crippen LogP contribution in [-0.2, 0) is 0 Å². The molecule has 21 heavy (non-hydrogen) atoms. The van der Waals surface area contributed by atoms with Crippen LogP contribution in [0.4, 0.5) is 11.4 Å². The van der Waals surface area contributed by atoms with Crippen molar-refractivity contribution in [2.75, 3.05) is 44.3 Å². The summed E-state index contributed by atoms with van der Waals surface area (Å²) in [6.45, 7) is 5.79. The number of carbonyl (C=O) groups is 1. The molecule has 2 rings (SSSR count). The van der Waals surface area contributed by atoms with Gasteiger partial charge >= 0.3 is 0 Å². The van der Waals surface area contributed by atoms with Gasteiger partial charge in [-0.15, -0.1) is 0 Å². The molecule has 0 unspecified atom stereocenters. The van der Waals surface area contributed by atoms with Crippen molar-refractivity contribution in [3.05, 3.63) is 23.8 Å². The van der Waals surface area contributed by atoms with Gasteiger partial charge in [0.2, 0.25) is 0 Å². The molecule has 0 atom stereocenters. The van der Waals surface area contributed by atoms with Crippen LogP contribution in [0.25, 0.3) is 0 Å². The summed E-state index contributed by atoms with van der Waals surface area (Å²) >= 11 is 0. The van der Waals surface area contributed by atoms with Crippen molar-refractivity contribution in [1.82, 2.24) is 10.2 Å². The van der Waals surface area contributed by atoms with Gasteiger partial charge in [0.25, 0.3) is 5.91 Å². The molecular weight excluding hydrogens is 264 g/mol. The van der Waals surface area contributed by atoms with Crippen LogP contribution >= 0.6 is 0 Å². The second-order valence-corrected chi connectivity index (χ2v) is 5.79. The zero-order valence-electron chi connectivity index (χ0n) is 13.0. The molecule has 116 valence electrons. The maximum atomic E-state index is 11.8. The molecule has 1 aromatic rings. The Morgan fingerprint density at radius 3 is 2.71 bits per heavy atom. The van der Waals surface area contributed by atoms with Crippen LogP contribution in [0.1, 0.15) is 30.1 Å². The summed E-state index contributed by atoms with van der Waals surface area (Å²) in [5, 5.41) is 6.20. The fourth-order valence-electron chi connectivity index (χ4n) is 2.65. The van der Waals surface area contributed by atoms with Gasteiger partial charge in [0.15, 0.2) is 0 Å². The number of nitrogens with one attached hydrogen (secondary N) is 2. The minimum atomic E-state index is -0.0777. The maximum absolute atomic E-state index is 11.8. The van der Waals surface area contributed by atoms with Crippen LogP contribution in [0, 0.1) is 5.92 Å². The van der Waals surface area contributed by atoms with Gasteiger partial charge in [-0.2, -0.15) is 0 Å². The minimum absolute atomic E-state index is 0.0777. The summed E-state index contributed by atoms with van der Waals surface area (Å²) in [5.74, 6) is 0.620. The molecule has 1 amide bonds. The summed E-state index contributed by atoms with van der Waals surface area (Å²) in [5.41, 5.74) is 8.20. The summed E-state index contributed by atoms with van der Waals surface area (Å²) in [6, 6.07) is 5.45. The smallest absolute Gasteiger partial charge is 0.251 e. The molecule has 5 heteroatoms. The molecule has 1 saturated heterocycles.